The second-order valence-electron chi connectivity index (χ2n) is 6.33. The Hall–Kier alpha value is -2.40. The maximum Gasteiger partial charge on any atom is 0.304 e. The fourth-order valence-corrected chi connectivity index (χ4v) is 3.55. The molecule has 0 aliphatic carbocycles. The van der Waals surface area contributed by atoms with Crippen molar-refractivity contribution in [1.82, 2.24) is 15.0 Å². The summed E-state index contributed by atoms with van der Waals surface area (Å²) in [5, 5.41) is 17.7. The lowest BCUT2D eigenvalue weighted by atomic mass is 9.84. The van der Waals surface area contributed by atoms with E-state index >= 15 is 0 Å². The summed E-state index contributed by atoms with van der Waals surface area (Å²) < 4.78 is 1.72. The van der Waals surface area contributed by atoms with E-state index in [2.05, 4.69) is 10.3 Å². The van der Waals surface area contributed by atoms with Crippen molar-refractivity contribution in [2.75, 3.05) is 0 Å². The summed E-state index contributed by atoms with van der Waals surface area (Å²) >= 11 is 6.04. The molecule has 0 fully saturated rings. The van der Waals surface area contributed by atoms with Crippen molar-refractivity contribution in [2.45, 2.75) is 32.1 Å². The van der Waals surface area contributed by atoms with E-state index < -0.39 is 5.97 Å². The number of rotatable bonds is 5. The van der Waals surface area contributed by atoms with Crippen LogP contribution in [0, 0.1) is 13.8 Å². The van der Waals surface area contributed by atoms with Gasteiger partial charge in [0, 0.05) is 18.8 Å². The lowest BCUT2D eigenvalue weighted by Crippen LogP contribution is -2.10. The molecule has 0 saturated carbocycles. The zero-order chi connectivity index (χ0) is 18.1. The van der Waals surface area contributed by atoms with Crippen molar-refractivity contribution in [2.24, 2.45) is 7.05 Å². The SMILES string of the molecule is Cc1ccc(C(CC(=O)O)c2ccc3c(nnn3C)c2C)cc1CCl. The molecular formula is C19H20ClN3O2. The smallest absolute Gasteiger partial charge is 0.304 e. The zero-order valence-corrected chi connectivity index (χ0v) is 15.2. The van der Waals surface area contributed by atoms with Gasteiger partial charge in [-0.15, -0.1) is 16.7 Å². The highest BCUT2D eigenvalue weighted by molar-refractivity contribution is 6.17. The minimum absolute atomic E-state index is 0.0113. The number of carbonyl (C=O) groups is 1. The minimum Gasteiger partial charge on any atom is -0.481 e. The Morgan fingerprint density at radius 2 is 2.04 bits per heavy atom. The van der Waals surface area contributed by atoms with Crippen LogP contribution >= 0.6 is 11.6 Å². The molecule has 0 aliphatic rings. The topological polar surface area (TPSA) is 68.0 Å². The van der Waals surface area contributed by atoms with Crippen LogP contribution < -0.4 is 0 Å². The molecule has 0 saturated heterocycles. The maximum absolute atomic E-state index is 11.5. The molecular weight excluding hydrogens is 338 g/mol. The minimum atomic E-state index is -0.836. The van der Waals surface area contributed by atoms with E-state index in [1.807, 2.05) is 51.2 Å². The summed E-state index contributed by atoms with van der Waals surface area (Å²) in [6.07, 6.45) is 0.0113. The average Bonchev–Trinajstić information content (AvgIpc) is 2.96. The molecule has 3 aromatic rings. The van der Waals surface area contributed by atoms with Crippen LogP contribution in [-0.4, -0.2) is 26.1 Å². The van der Waals surface area contributed by atoms with Gasteiger partial charge in [-0.3, -0.25) is 4.79 Å². The fraction of sp³-hybridized carbons (Fsp3) is 0.316. The van der Waals surface area contributed by atoms with Gasteiger partial charge in [-0.2, -0.15) is 0 Å². The van der Waals surface area contributed by atoms with Crippen LogP contribution in [0.1, 0.15) is 40.2 Å². The van der Waals surface area contributed by atoms with Crippen LogP contribution in [-0.2, 0) is 17.7 Å². The fourth-order valence-electron chi connectivity index (χ4n) is 3.26. The first-order valence-electron chi connectivity index (χ1n) is 8.08. The second kappa shape index (κ2) is 6.84. The van der Waals surface area contributed by atoms with Crippen LogP contribution in [0.4, 0.5) is 0 Å². The third kappa shape index (κ3) is 3.24. The van der Waals surface area contributed by atoms with Gasteiger partial charge in [-0.05, 0) is 47.7 Å². The van der Waals surface area contributed by atoms with E-state index in [0.717, 1.165) is 38.9 Å². The Morgan fingerprint density at radius 3 is 2.72 bits per heavy atom. The maximum atomic E-state index is 11.5. The van der Waals surface area contributed by atoms with E-state index in [-0.39, 0.29) is 12.3 Å². The Balaban J connectivity index is 2.16. The largest absolute Gasteiger partial charge is 0.481 e. The standard InChI is InChI=1S/C19H20ClN3O2/c1-11-4-5-13(8-14(11)10-20)16(9-18(24)25)15-6-7-17-19(12(15)2)21-22-23(17)3/h4-8,16H,9-10H2,1-3H3,(H,24,25). The molecule has 1 aromatic heterocycles. The van der Waals surface area contributed by atoms with Gasteiger partial charge in [-0.25, -0.2) is 4.68 Å². The third-order valence-corrected chi connectivity index (χ3v) is 5.04. The highest BCUT2D eigenvalue weighted by Gasteiger charge is 2.22. The van der Waals surface area contributed by atoms with Crippen molar-refractivity contribution in [1.29, 1.82) is 0 Å². The number of aryl methyl sites for hydroxylation is 3. The van der Waals surface area contributed by atoms with E-state index in [1.165, 1.54) is 0 Å². The number of hydrogen-bond acceptors (Lipinski definition) is 3. The Morgan fingerprint density at radius 1 is 1.28 bits per heavy atom. The number of carboxylic acids is 1. The molecule has 1 atom stereocenters. The normalized spacial score (nSPS) is 12.5. The predicted octanol–water partition coefficient (Wildman–Crippen LogP) is 3.93. The van der Waals surface area contributed by atoms with Crippen LogP contribution in [0.5, 0.6) is 0 Å². The molecule has 0 aliphatic heterocycles. The van der Waals surface area contributed by atoms with Gasteiger partial charge in [0.2, 0.25) is 0 Å². The van der Waals surface area contributed by atoms with Crippen LogP contribution in [0.15, 0.2) is 30.3 Å². The Kier molecular flexibility index (Phi) is 4.77. The summed E-state index contributed by atoms with van der Waals surface area (Å²) in [6.45, 7) is 3.97. The molecule has 0 radical (unpaired) electrons. The van der Waals surface area contributed by atoms with Crippen LogP contribution in [0.25, 0.3) is 11.0 Å². The molecule has 0 spiro atoms. The Bertz CT molecular complexity index is 949. The van der Waals surface area contributed by atoms with E-state index in [9.17, 15) is 9.90 Å². The van der Waals surface area contributed by atoms with E-state index in [4.69, 9.17) is 11.6 Å². The number of alkyl halides is 1. The molecule has 130 valence electrons. The van der Waals surface area contributed by atoms with Gasteiger partial charge in [0.15, 0.2) is 0 Å². The summed E-state index contributed by atoms with van der Waals surface area (Å²) in [7, 11) is 1.84. The molecule has 6 heteroatoms. The number of nitrogens with zero attached hydrogens (tertiary/aromatic N) is 3. The van der Waals surface area contributed by atoms with Crippen molar-refractivity contribution in [3.8, 4) is 0 Å². The summed E-state index contributed by atoms with van der Waals surface area (Å²) in [4.78, 5) is 11.5. The average molecular weight is 358 g/mol. The molecule has 0 bridgehead atoms. The number of benzene rings is 2. The molecule has 1 N–H and O–H groups in total. The molecule has 5 nitrogen and oxygen atoms in total. The molecule has 25 heavy (non-hydrogen) atoms. The van der Waals surface area contributed by atoms with Crippen LogP contribution in [0.3, 0.4) is 0 Å². The van der Waals surface area contributed by atoms with Gasteiger partial charge in [0.1, 0.15) is 5.52 Å². The highest BCUT2D eigenvalue weighted by atomic mass is 35.5. The molecule has 0 amide bonds. The second-order valence-corrected chi connectivity index (χ2v) is 6.60. The highest BCUT2D eigenvalue weighted by Crippen LogP contribution is 2.34. The number of hydrogen-bond donors (Lipinski definition) is 1. The first-order chi connectivity index (χ1) is 11.9. The number of aliphatic carboxylic acids is 1. The lowest BCUT2D eigenvalue weighted by molar-refractivity contribution is -0.137. The number of halogens is 1. The summed E-state index contributed by atoms with van der Waals surface area (Å²) in [6, 6.07) is 9.92. The Labute approximate surface area is 151 Å². The van der Waals surface area contributed by atoms with Gasteiger partial charge < -0.3 is 5.11 Å². The van der Waals surface area contributed by atoms with E-state index in [0.29, 0.717) is 5.88 Å². The lowest BCUT2D eigenvalue weighted by Gasteiger charge is -2.20. The summed E-state index contributed by atoms with van der Waals surface area (Å²) in [5.41, 5.74) is 6.74. The van der Waals surface area contributed by atoms with Crippen molar-refractivity contribution in [3.63, 3.8) is 0 Å². The van der Waals surface area contributed by atoms with Gasteiger partial charge in [0.25, 0.3) is 0 Å². The van der Waals surface area contributed by atoms with Crippen LogP contribution in [0.2, 0.25) is 0 Å². The molecule has 1 unspecified atom stereocenters. The third-order valence-electron chi connectivity index (χ3n) is 4.75. The van der Waals surface area contributed by atoms with Gasteiger partial charge in [0.05, 0.1) is 11.9 Å². The number of carboxylic acid groups (broad SMARTS) is 1. The first kappa shape index (κ1) is 17.4. The number of aromatic nitrogens is 3. The molecule has 3 rings (SSSR count). The van der Waals surface area contributed by atoms with Crippen molar-refractivity contribution < 1.29 is 9.90 Å². The first-order valence-corrected chi connectivity index (χ1v) is 8.62. The molecule has 1 heterocycles. The predicted molar refractivity (Wildman–Crippen MR) is 98.1 cm³/mol. The zero-order valence-electron chi connectivity index (χ0n) is 14.5. The van der Waals surface area contributed by atoms with Gasteiger partial charge >= 0.3 is 5.97 Å². The quantitative estimate of drug-likeness (QED) is 0.702. The number of fused-ring (bicyclic) bond motifs is 1. The van der Waals surface area contributed by atoms with Crippen molar-refractivity contribution in [3.05, 3.63) is 58.1 Å². The summed E-state index contributed by atoms with van der Waals surface area (Å²) in [5.74, 6) is -0.690. The molecule has 2 aromatic carbocycles. The van der Waals surface area contributed by atoms with Gasteiger partial charge in [-0.1, -0.05) is 29.5 Å². The van der Waals surface area contributed by atoms with Crippen molar-refractivity contribution >= 4 is 28.6 Å². The monoisotopic (exact) mass is 357 g/mol. The van der Waals surface area contributed by atoms with E-state index in [1.54, 1.807) is 4.68 Å².